The topological polar surface area (TPSA) is 80.5 Å². The number of nitrogens with two attached hydrogens (primary N) is 1. The van der Waals surface area contributed by atoms with Gasteiger partial charge in [-0.1, -0.05) is 26.0 Å². The molecule has 5 nitrogen and oxygen atoms in total. The first-order valence-electron chi connectivity index (χ1n) is 6.67. The van der Waals surface area contributed by atoms with E-state index in [1.807, 2.05) is 24.3 Å². The zero-order valence-electron chi connectivity index (χ0n) is 11.7. The van der Waals surface area contributed by atoms with Crippen molar-refractivity contribution in [2.45, 2.75) is 26.2 Å². The highest BCUT2D eigenvalue weighted by Gasteiger charge is 2.32. The van der Waals surface area contributed by atoms with Crippen LogP contribution >= 0.6 is 0 Å². The van der Waals surface area contributed by atoms with Crippen LogP contribution in [0.5, 0.6) is 0 Å². The van der Waals surface area contributed by atoms with E-state index in [9.17, 15) is 13.2 Å². The van der Waals surface area contributed by atoms with Gasteiger partial charge in [-0.15, -0.1) is 0 Å². The Morgan fingerprint density at radius 2 is 2.10 bits per heavy atom. The predicted molar refractivity (Wildman–Crippen MR) is 79.0 cm³/mol. The summed E-state index contributed by atoms with van der Waals surface area (Å²) in [6, 6.07) is 7.81. The predicted octanol–water partition coefficient (Wildman–Crippen LogP) is 1.45. The van der Waals surface area contributed by atoms with Crippen LogP contribution in [0.4, 0.5) is 5.69 Å². The molecule has 1 aromatic rings. The molecule has 1 amide bonds. The number of carbonyl (C=O) groups excluding carboxylic acids is 1. The van der Waals surface area contributed by atoms with Crippen molar-refractivity contribution in [2.24, 2.45) is 11.1 Å². The zero-order valence-corrected chi connectivity index (χ0v) is 12.6. The minimum atomic E-state index is -3.54. The van der Waals surface area contributed by atoms with Crippen molar-refractivity contribution < 1.29 is 13.2 Å². The lowest BCUT2D eigenvalue weighted by Crippen LogP contribution is -2.27. The highest BCUT2D eigenvalue weighted by atomic mass is 32.2. The number of amides is 1. The Balaban J connectivity index is 2.17. The molecule has 0 spiro atoms. The normalized spacial score (nSPS) is 19.9. The van der Waals surface area contributed by atoms with Gasteiger partial charge >= 0.3 is 0 Å². The van der Waals surface area contributed by atoms with Gasteiger partial charge in [0.25, 0.3) is 0 Å². The molecule has 1 unspecified atom stereocenters. The lowest BCUT2D eigenvalue weighted by Gasteiger charge is -2.18. The molecule has 1 aliphatic heterocycles. The lowest BCUT2D eigenvalue weighted by molar-refractivity contribution is -0.117. The molecule has 0 aromatic heterocycles. The van der Waals surface area contributed by atoms with Gasteiger partial charge in [0, 0.05) is 24.6 Å². The number of benzene rings is 1. The molecule has 1 saturated heterocycles. The smallest absolute Gasteiger partial charge is 0.227 e. The van der Waals surface area contributed by atoms with E-state index < -0.39 is 10.0 Å². The van der Waals surface area contributed by atoms with Crippen LogP contribution < -0.4 is 10.0 Å². The number of sulfonamides is 1. The van der Waals surface area contributed by atoms with Gasteiger partial charge in [-0.25, -0.2) is 13.6 Å². The van der Waals surface area contributed by atoms with Gasteiger partial charge in [0.2, 0.25) is 15.9 Å². The molecule has 20 heavy (non-hydrogen) atoms. The van der Waals surface area contributed by atoms with Crippen molar-refractivity contribution >= 4 is 21.6 Å². The van der Waals surface area contributed by atoms with Crippen molar-refractivity contribution in [1.82, 2.24) is 0 Å². The summed E-state index contributed by atoms with van der Waals surface area (Å²) in [7, 11) is -3.54. The molecule has 1 aromatic carbocycles. The van der Waals surface area contributed by atoms with Crippen LogP contribution in [0.1, 0.15) is 31.7 Å². The third kappa shape index (κ3) is 3.58. The van der Waals surface area contributed by atoms with Crippen molar-refractivity contribution in [3.8, 4) is 0 Å². The molecule has 110 valence electrons. The average Bonchev–Trinajstić information content (AvgIpc) is 2.68. The maximum Gasteiger partial charge on any atom is 0.227 e. The van der Waals surface area contributed by atoms with E-state index in [1.165, 1.54) is 0 Å². The molecule has 1 heterocycles. The largest absolute Gasteiger partial charge is 0.312 e. The monoisotopic (exact) mass is 296 g/mol. The summed E-state index contributed by atoms with van der Waals surface area (Å²) in [5.41, 5.74) is 1.99. The number of primary sulfonamides is 1. The van der Waals surface area contributed by atoms with Gasteiger partial charge in [-0.05, 0) is 23.6 Å². The van der Waals surface area contributed by atoms with Gasteiger partial charge in [-0.2, -0.15) is 0 Å². The van der Waals surface area contributed by atoms with Crippen molar-refractivity contribution in [2.75, 3.05) is 17.2 Å². The van der Waals surface area contributed by atoms with Crippen molar-refractivity contribution in [3.05, 3.63) is 29.8 Å². The summed E-state index contributed by atoms with van der Waals surface area (Å²) in [5.74, 6) is -0.0216. The van der Waals surface area contributed by atoms with Gasteiger partial charge < -0.3 is 4.90 Å². The van der Waals surface area contributed by atoms with E-state index in [0.717, 1.165) is 11.3 Å². The van der Waals surface area contributed by atoms with E-state index >= 15 is 0 Å². The number of hydrogen-bond donors (Lipinski definition) is 1. The Labute approximate surface area is 119 Å². The van der Waals surface area contributed by atoms with Crippen molar-refractivity contribution in [1.29, 1.82) is 0 Å². The van der Waals surface area contributed by atoms with Gasteiger partial charge in [-0.3, -0.25) is 4.79 Å². The Kier molecular flexibility index (Phi) is 4.15. The van der Waals surface area contributed by atoms with E-state index in [-0.39, 0.29) is 24.0 Å². The first kappa shape index (κ1) is 15.0. The summed E-state index contributed by atoms with van der Waals surface area (Å²) in [6.07, 6.45) is 0.238. The number of anilines is 1. The fraction of sp³-hybridized carbons (Fsp3) is 0.500. The summed E-state index contributed by atoms with van der Waals surface area (Å²) in [4.78, 5) is 13.7. The number of rotatable bonds is 4. The van der Waals surface area contributed by atoms with Gasteiger partial charge in [0.15, 0.2) is 0 Å². The standard InChI is InChI=1S/C14H20N2O3S/c1-10(2)12-4-3-5-13(7-12)16-8-11(6-14(16)17)9-20(15,18)19/h3-5,7,10-11H,6,8-9H2,1-2H3,(H2,15,18,19). The lowest BCUT2D eigenvalue weighted by atomic mass is 10.0. The van der Waals surface area contributed by atoms with Crippen LogP contribution in [-0.4, -0.2) is 26.6 Å². The highest BCUT2D eigenvalue weighted by molar-refractivity contribution is 7.89. The van der Waals surface area contributed by atoms with E-state index in [0.29, 0.717) is 12.5 Å². The highest BCUT2D eigenvalue weighted by Crippen LogP contribution is 2.28. The molecule has 2 rings (SSSR count). The molecular formula is C14H20N2O3S. The molecule has 1 atom stereocenters. The average molecular weight is 296 g/mol. The minimum absolute atomic E-state index is 0.0421. The van der Waals surface area contributed by atoms with Crippen LogP contribution in [0.15, 0.2) is 24.3 Å². The quantitative estimate of drug-likeness (QED) is 0.913. The SMILES string of the molecule is CC(C)c1cccc(N2CC(CS(N)(=O)=O)CC2=O)c1. The molecule has 0 bridgehead atoms. The minimum Gasteiger partial charge on any atom is -0.312 e. The first-order valence-corrected chi connectivity index (χ1v) is 8.38. The molecule has 1 fully saturated rings. The van der Waals surface area contributed by atoms with Crippen LogP contribution in [0, 0.1) is 5.92 Å². The van der Waals surface area contributed by atoms with Crippen LogP contribution in [-0.2, 0) is 14.8 Å². The Morgan fingerprint density at radius 1 is 1.40 bits per heavy atom. The zero-order chi connectivity index (χ0) is 14.9. The maximum absolute atomic E-state index is 12.0. The Bertz CT molecular complexity index is 611. The molecule has 6 heteroatoms. The molecule has 0 saturated carbocycles. The second-order valence-corrected chi connectivity index (χ2v) is 7.31. The van der Waals surface area contributed by atoms with Crippen LogP contribution in [0.2, 0.25) is 0 Å². The second-order valence-electron chi connectivity index (χ2n) is 5.65. The summed E-state index contributed by atoms with van der Waals surface area (Å²) in [5, 5.41) is 5.05. The summed E-state index contributed by atoms with van der Waals surface area (Å²) in [6.45, 7) is 4.60. The van der Waals surface area contributed by atoms with Crippen molar-refractivity contribution in [3.63, 3.8) is 0 Å². The molecule has 1 aliphatic rings. The third-order valence-corrected chi connectivity index (χ3v) is 4.46. The second kappa shape index (κ2) is 5.54. The number of carbonyl (C=O) groups is 1. The number of hydrogen-bond acceptors (Lipinski definition) is 3. The fourth-order valence-corrected chi connectivity index (χ4v) is 3.40. The number of nitrogens with zero attached hydrogens (tertiary/aromatic N) is 1. The van der Waals surface area contributed by atoms with Crippen LogP contribution in [0.25, 0.3) is 0 Å². The molecule has 2 N–H and O–H groups in total. The van der Waals surface area contributed by atoms with E-state index in [4.69, 9.17) is 5.14 Å². The van der Waals surface area contributed by atoms with E-state index in [2.05, 4.69) is 13.8 Å². The fourth-order valence-electron chi connectivity index (χ4n) is 2.52. The molecule has 0 radical (unpaired) electrons. The first-order chi connectivity index (χ1) is 9.26. The Hall–Kier alpha value is -1.40. The van der Waals surface area contributed by atoms with Crippen LogP contribution in [0.3, 0.4) is 0 Å². The molecule has 0 aliphatic carbocycles. The maximum atomic E-state index is 12.0. The van der Waals surface area contributed by atoms with E-state index in [1.54, 1.807) is 4.90 Å². The summed E-state index contributed by atoms with van der Waals surface area (Å²) < 4.78 is 22.3. The third-order valence-electron chi connectivity index (χ3n) is 3.52. The van der Waals surface area contributed by atoms with Gasteiger partial charge in [0.1, 0.15) is 0 Å². The summed E-state index contributed by atoms with van der Waals surface area (Å²) >= 11 is 0. The Morgan fingerprint density at radius 3 is 2.70 bits per heavy atom. The molecular weight excluding hydrogens is 276 g/mol. The van der Waals surface area contributed by atoms with Gasteiger partial charge in [0.05, 0.1) is 5.75 Å².